The first-order valence-corrected chi connectivity index (χ1v) is 10.8. The van der Waals surface area contributed by atoms with E-state index in [-0.39, 0.29) is 22.0 Å². The third kappa shape index (κ3) is 6.18. The van der Waals surface area contributed by atoms with Crippen molar-refractivity contribution in [2.24, 2.45) is 10.7 Å². The lowest BCUT2D eigenvalue weighted by atomic mass is 10.0. The molecule has 176 valence electrons. The molecule has 3 rings (SSSR count). The van der Waals surface area contributed by atoms with E-state index in [1.807, 2.05) is 19.9 Å². The third-order valence-corrected chi connectivity index (χ3v) is 5.44. The van der Waals surface area contributed by atoms with Gasteiger partial charge in [0.2, 0.25) is 0 Å². The van der Waals surface area contributed by atoms with E-state index in [0.717, 1.165) is 17.2 Å². The van der Waals surface area contributed by atoms with Crippen LogP contribution >= 0.6 is 23.2 Å². The molecule has 0 aliphatic heterocycles. The number of carbonyl (C=O) groups is 1. The van der Waals surface area contributed by atoms with Crippen molar-refractivity contribution in [3.8, 4) is 0 Å². The lowest BCUT2D eigenvalue weighted by molar-refractivity contribution is -0.0925. The van der Waals surface area contributed by atoms with E-state index in [1.54, 1.807) is 30.3 Å². The van der Waals surface area contributed by atoms with E-state index in [2.05, 4.69) is 10.3 Å². The number of aryl methyl sites for hydroxylation is 2. The van der Waals surface area contributed by atoms with Crippen molar-refractivity contribution >= 4 is 46.2 Å². The Bertz CT molecular complexity index is 1260. The van der Waals surface area contributed by atoms with Crippen LogP contribution in [0.3, 0.4) is 0 Å². The number of nitrogens with one attached hydrogen (secondary N) is 1. The highest BCUT2D eigenvalue weighted by Gasteiger charge is 2.31. The number of hydrogen-bond acceptors (Lipinski definition) is 3. The van der Waals surface area contributed by atoms with E-state index in [4.69, 9.17) is 28.9 Å². The molecule has 9 heteroatoms. The fourth-order valence-electron chi connectivity index (χ4n) is 3.13. The molecule has 0 bridgehead atoms. The predicted molar refractivity (Wildman–Crippen MR) is 131 cm³/mol. The summed E-state index contributed by atoms with van der Waals surface area (Å²) < 4.78 is 39.2. The van der Waals surface area contributed by atoms with Gasteiger partial charge in [0.15, 0.2) is 0 Å². The molecule has 0 aliphatic carbocycles. The third-order valence-electron chi connectivity index (χ3n) is 4.83. The summed E-state index contributed by atoms with van der Waals surface area (Å²) in [5.74, 6) is -0.421. The van der Waals surface area contributed by atoms with Gasteiger partial charge in [-0.05, 0) is 61.4 Å². The summed E-state index contributed by atoms with van der Waals surface area (Å²) in [6.45, 7) is 3.72. The Kier molecular flexibility index (Phi) is 7.69. The monoisotopic (exact) mass is 505 g/mol. The minimum absolute atomic E-state index is 0.0627. The van der Waals surface area contributed by atoms with Gasteiger partial charge >= 0.3 is 6.18 Å². The highest BCUT2D eigenvalue weighted by atomic mass is 35.5. The van der Waals surface area contributed by atoms with Crippen LogP contribution in [0.2, 0.25) is 10.0 Å². The average Bonchev–Trinajstić information content (AvgIpc) is 2.76. The maximum atomic E-state index is 13.1. The van der Waals surface area contributed by atoms with Gasteiger partial charge in [-0.25, -0.2) is 4.99 Å². The van der Waals surface area contributed by atoms with E-state index in [1.165, 1.54) is 24.3 Å². The molecule has 0 atom stereocenters. The molecule has 0 saturated heterocycles. The number of nitrogens with zero attached hydrogens (tertiary/aromatic N) is 1. The number of rotatable bonds is 5. The quantitative estimate of drug-likeness (QED) is 0.355. The van der Waals surface area contributed by atoms with Crippen molar-refractivity contribution in [2.75, 3.05) is 5.32 Å². The topological polar surface area (TPSA) is 67.5 Å². The van der Waals surface area contributed by atoms with Crippen LogP contribution in [0, 0.1) is 13.8 Å². The normalized spacial score (nSPS) is 12.6. The van der Waals surface area contributed by atoms with Gasteiger partial charge in [-0.15, -0.1) is 0 Å². The summed E-state index contributed by atoms with van der Waals surface area (Å²) in [7, 11) is 0. The van der Waals surface area contributed by atoms with Gasteiger partial charge in [0.05, 0.1) is 27.1 Å². The average molecular weight is 506 g/mol. The Balaban J connectivity index is 1.95. The summed E-state index contributed by atoms with van der Waals surface area (Å²) >= 11 is 12.4. The molecule has 0 heterocycles. The first-order chi connectivity index (χ1) is 16.0. The Morgan fingerprint density at radius 2 is 1.59 bits per heavy atom. The Morgan fingerprint density at radius 3 is 2.18 bits per heavy atom. The Morgan fingerprint density at radius 1 is 0.971 bits per heavy atom. The minimum atomic E-state index is -4.73. The number of amides is 1. The zero-order valence-corrected chi connectivity index (χ0v) is 19.7. The number of nitrogens with two attached hydrogens (primary N) is 1. The van der Waals surface area contributed by atoms with Crippen molar-refractivity contribution in [2.45, 2.75) is 20.0 Å². The molecule has 3 aromatic carbocycles. The molecule has 0 aliphatic rings. The summed E-state index contributed by atoms with van der Waals surface area (Å²) in [5.41, 5.74) is 6.97. The molecule has 0 spiro atoms. The van der Waals surface area contributed by atoms with Gasteiger partial charge < -0.3 is 11.1 Å². The number of carbonyl (C=O) groups excluding carboxylic acids is 1. The van der Waals surface area contributed by atoms with Crippen molar-refractivity contribution in [1.82, 2.24) is 0 Å². The number of anilines is 1. The van der Waals surface area contributed by atoms with E-state index >= 15 is 0 Å². The van der Waals surface area contributed by atoms with Crippen molar-refractivity contribution in [3.05, 3.63) is 105 Å². The van der Waals surface area contributed by atoms with Gasteiger partial charge in [-0.2, -0.15) is 13.2 Å². The number of alkyl halides is 3. The minimum Gasteiger partial charge on any atom is -0.395 e. The summed E-state index contributed by atoms with van der Waals surface area (Å²) in [6.07, 6.45) is -4.00. The van der Waals surface area contributed by atoms with Crippen molar-refractivity contribution < 1.29 is 18.0 Å². The molecule has 3 N–H and O–H groups in total. The Labute approximate surface area is 204 Å². The number of aliphatic imine (C=N–C) groups is 1. The fraction of sp³-hybridized carbons (Fsp3) is 0.120. The summed E-state index contributed by atoms with van der Waals surface area (Å²) in [4.78, 5) is 17.0. The maximum Gasteiger partial charge on any atom is 0.430 e. The molecular formula is C25H20Cl2F3N3O. The van der Waals surface area contributed by atoms with Crippen LogP contribution < -0.4 is 11.1 Å². The van der Waals surface area contributed by atoms with Crippen LogP contribution in [0.25, 0.3) is 0 Å². The van der Waals surface area contributed by atoms with Crippen molar-refractivity contribution in [3.63, 3.8) is 0 Å². The van der Waals surface area contributed by atoms with Gasteiger partial charge in [0.25, 0.3) is 5.91 Å². The zero-order valence-electron chi connectivity index (χ0n) is 18.2. The molecule has 0 radical (unpaired) electrons. The van der Waals surface area contributed by atoms with E-state index < -0.39 is 17.8 Å². The van der Waals surface area contributed by atoms with Gasteiger partial charge in [0.1, 0.15) is 5.70 Å². The number of benzene rings is 3. The first kappa shape index (κ1) is 25.3. The smallest absolute Gasteiger partial charge is 0.395 e. The van der Waals surface area contributed by atoms with Gasteiger partial charge in [-0.1, -0.05) is 53.5 Å². The number of hydrogen-bond donors (Lipinski definition) is 2. The van der Waals surface area contributed by atoms with Crippen LogP contribution in [0.5, 0.6) is 0 Å². The molecule has 0 aromatic heterocycles. The molecule has 0 unspecified atom stereocenters. The molecular weight excluding hydrogens is 486 g/mol. The number of halogens is 5. The lowest BCUT2D eigenvalue weighted by Gasteiger charge is -2.12. The lowest BCUT2D eigenvalue weighted by Crippen LogP contribution is -2.21. The molecule has 3 aromatic rings. The molecule has 0 fully saturated rings. The SMILES string of the molecule is Cc1cc(C)c(NC(=O)c2ccc(C(C=C(N)C(F)(F)F)=Nc3ccccc3Cl)cc2)c(Cl)c1. The summed E-state index contributed by atoms with van der Waals surface area (Å²) in [5, 5.41) is 3.44. The maximum absolute atomic E-state index is 13.1. The first-order valence-electron chi connectivity index (χ1n) is 10.0. The van der Waals surface area contributed by atoms with Crippen LogP contribution in [0.15, 0.2) is 77.4 Å². The number of allylic oxidation sites excluding steroid dienone is 2. The molecule has 0 saturated carbocycles. The van der Waals surface area contributed by atoms with E-state index in [9.17, 15) is 18.0 Å². The molecule has 34 heavy (non-hydrogen) atoms. The van der Waals surface area contributed by atoms with Gasteiger partial charge in [0, 0.05) is 11.1 Å². The standard InChI is InChI=1S/C25H20Cl2F3N3O/c1-14-11-15(2)23(19(27)12-14)33-24(34)17-9-7-16(8-10-17)21(13-22(31)25(28,29)30)32-20-6-4-3-5-18(20)26/h3-13H,31H2,1-2H3,(H,33,34). The second-order valence-electron chi connectivity index (χ2n) is 7.52. The van der Waals surface area contributed by atoms with Crippen LogP contribution in [-0.4, -0.2) is 17.8 Å². The highest BCUT2D eigenvalue weighted by molar-refractivity contribution is 6.34. The predicted octanol–water partition coefficient (Wildman–Crippen LogP) is 7.39. The van der Waals surface area contributed by atoms with E-state index in [0.29, 0.717) is 16.3 Å². The second-order valence-corrected chi connectivity index (χ2v) is 8.33. The van der Waals surface area contributed by atoms with Crippen molar-refractivity contribution in [1.29, 1.82) is 0 Å². The highest BCUT2D eigenvalue weighted by Crippen LogP contribution is 2.29. The molecule has 1 amide bonds. The van der Waals surface area contributed by atoms with Crippen LogP contribution in [-0.2, 0) is 0 Å². The fourth-order valence-corrected chi connectivity index (χ4v) is 3.68. The Hall–Kier alpha value is -3.29. The largest absolute Gasteiger partial charge is 0.430 e. The second kappa shape index (κ2) is 10.3. The van der Waals surface area contributed by atoms with Crippen LogP contribution in [0.1, 0.15) is 27.0 Å². The van der Waals surface area contributed by atoms with Crippen LogP contribution in [0.4, 0.5) is 24.5 Å². The van der Waals surface area contributed by atoms with Gasteiger partial charge in [-0.3, -0.25) is 4.79 Å². The summed E-state index contributed by atoms with van der Waals surface area (Å²) in [6, 6.07) is 16.0. The number of para-hydroxylation sites is 1. The zero-order chi connectivity index (χ0) is 25.0. The molecule has 4 nitrogen and oxygen atoms in total.